The second-order valence-electron chi connectivity index (χ2n) is 4.09. The van der Waals surface area contributed by atoms with Crippen LogP contribution in [0.25, 0.3) is 0 Å². The summed E-state index contributed by atoms with van der Waals surface area (Å²) < 4.78 is 10.5. The van der Waals surface area contributed by atoms with Crippen molar-refractivity contribution in [2.45, 2.75) is 19.6 Å². The molecular weight excluding hydrogens is 234 g/mol. The molecule has 0 amide bonds. The Kier molecular flexibility index (Phi) is 5.91. The SMILES string of the molecule is COc1cc(C)c(CNCC(O)CO)c(OC)c1. The van der Waals surface area contributed by atoms with Gasteiger partial charge in [-0.2, -0.15) is 0 Å². The average molecular weight is 255 g/mol. The van der Waals surface area contributed by atoms with E-state index in [2.05, 4.69) is 5.32 Å². The Morgan fingerprint density at radius 2 is 2.00 bits per heavy atom. The average Bonchev–Trinajstić information content (AvgIpc) is 2.39. The summed E-state index contributed by atoms with van der Waals surface area (Å²) in [5, 5.41) is 21.0. The van der Waals surface area contributed by atoms with Gasteiger partial charge in [-0.1, -0.05) is 0 Å². The first-order chi connectivity index (χ1) is 8.62. The van der Waals surface area contributed by atoms with E-state index in [1.54, 1.807) is 14.2 Å². The van der Waals surface area contributed by atoms with Crippen molar-refractivity contribution in [3.05, 3.63) is 23.3 Å². The summed E-state index contributed by atoms with van der Waals surface area (Å²) in [5.74, 6) is 1.50. The predicted octanol–water partition coefficient (Wildman–Crippen LogP) is 0.455. The van der Waals surface area contributed by atoms with Gasteiger partial charge in [0.15, 0.2) is 0 Å². The molecule has 0 radical (unpaired) electrons. The minimum Gasteiger partial charge on any atom is -0.497 e. The van der Waals surface area contributed by atoms with E-state index >= 15 is 0 Å². The Balaban J connectivity index is 2.75. The molecule has 5 heteroatoms. The summed E-state index contributed by atoms with van der Waals surface area (Å²) in [5.41, 5.74) is 2.07. The molecule has 0 heterocycles. The van der Waals surface area contributed by atoms with Crippen LogP contribution in [0.4, 0.5) is 0 Å². The monoisotopic (exact) mass is 255 g/mol. The first-order valence-corrected chi connectivity index (χ1v) is 5.83. The van der Waals surface area contributed by atoms with Crippen LogP contribution >= 0.6 is 0 Å². The molecule has 0 saturated carbocycles. The molecule has 0 aliphatic carbocycles. The number of nitrogens with one attached hydrogen (secondary N) is 1. The van der Waals surface area contributed by atoms with Crippen LogP contribution in [0.5, 0.6) is 11.5 Å². The van der Waals surface area contributed by atoms with Gasteiger partial charge in [-0.05, 0) is 18.6 Å². The van der Waals surface area contributed by atoms with Crippen LogP contribution in [0, 0.1) is 6.92 Å². The summed E-state index contributed by atoms with van der Waals surface area (Å²) in [4.78, 5) is 0. The van der Waals surface area contributed by atoms with Crippen LogP contribution in [0.2, 0.25) is 0 Å². The van der Waals surface area contributed by atoms with Crippen molar-refractivity contribution >= 4 is 0 Å². The summed E-state index contributed by atoms with van der Waals surface area (Å²) in [6.45, 7) is 2.64. The molecule has 0 aromatic heterocycles. The van der Waals surface area contributed by atoms with E-state index in [1.807, 2.05) is 19.1 Å². The van der Waals surface area contributed by atoms with Crippen molar-refractivity contribution in [1.82, 2.24) is 5.32 Å². The minimum atomic E-state index is -0.741. The second-order valence-corrected chi connectivity index (χ2v) is 4.09. The molecule has 18 heavy (non-hydrogen) atoms. The zero-order chi connectivity index (χ0) is 13.5. The largest absolute Gasteiger partial charge is 0.497 e. The number of aliphatic hydroxyl groups excluding tert-OH is 2. The van der Waals surface area contributed by atoms with E-state index in [1.165, 1.54) is 0 Å². The van der Waals surface area contributed by atoms with Crippen molar-refractivity contribution in [2.75, 3.05) is 27.4 Å². The van der Waals surface area contributed by atoms with Gasteiger partial charge in [0.2, 0.25) is 0 Å². The van der Waals surface area contributed by atoms with E-state index in [0.717, 1.165) is 22.6 Å². The van der Waals surface area contributed by atoms with Crippen LogP contribution in [0.3, 0.4) is 0 Å². The lowest BCUT2D eigenvalue weighted by molar-refractivity contribution is 0.0941. The Labute approximate surface area is 107 Å². The summed E-state index contributed by atoms with van der Waals surface area (Å²) in [6.07, 6.45) is -0.741. The number of hydrogen-bond acceptors (Lipinski definition) is 5. The van der Waals surface area contributed by atoms with Gasteiger partial charge >= 0.3 is 0 Å². The Hall–Kier alpha value is -1.30. The summed E-state index contributed by atoms with van der Waals surface area (Å²) in [6, 6.07) is 3.76. The number of ether oxygens (including phenoxy) is 2. The number of aryl methyl sites for hydroxylation is 1. The molecule has 1 aromatic carbocycles. The summed E-state index contributed by atoms with van der Waals surface area (Å²) >= 11 is 0. The van der Waals surface area contributed by atoms with Gasteiger partial charge in [0.1, 0.15) is 11.5 Å². The van der Waals surface area contributed by atoms with Gasteiger partial charge in [0.05, 0.1) is 26.9 Å². The third-order valence-corrected chi connectivity index (χ3v) is 2.75. The Morgan fingerprint density at radius 3 is 2.56 bits per heavy atom. The van der Waals surface area contributed by atoms with Gasteiger partial charge in [-0.15, -0.1) is 0 Å². The first kappa shape index (κ1) is 14.8. The molecule has 1 rings (SSSR count). The molecule has 1 aromatic rings. The van der Waals surface area contributed by atoms with E-state index in [0.29, 0.717) is 13.1 Å². The van der Waals surface area contributed by atoms with Gasteiger partial charge in [0.25, 0.3) is 0 Å². The van der Waals surface area contributed by atoms with Crippen LogP contribution < -0.4 is 14.8 Å². The van der Waals surface area contributed by atoms with Crippen molar-refractivity contribution in [1.29, 1.82) is 0 Å². The molecule has 1 unspecified atom stereocenters. The maximum absolute atomic E-state index is 9.25. The van der Waals surface area contributed by atoms with E-state index in [9.17, 15) is 5.11 Å². The number of aliphatic hydroxyl groups is 2. The Bertz CT molecular complexity index is 381. The maximum Gasteiger partial charge on any atom is 0.127 e. The lowest BCUT2D eigenvalue weighted by Crippen LogP contribution is -2.29. The summed E-state index contributed by atoms with van der Waals surface area (Å²) in [7, 11) is 3.23. The fourth-order valence-corrected chi connectivity index (χ4v) is 1.71. The molecule has 1 atom stereocenters. The fraction of sp³-hybridized carbons (Fsp3) is 0.538. The molecule has 3 N–H and O–H groups in total. The molecule has 0 aliphatic heterocycles. The van der Waals surface area contributed by atoms with Crippen molar-refractivity contribution < 1.29 is 19.7 Å². The molecule has 0 bridgehead atoms. The highest BCUT2D eigenvalue weighted by molar-refractivity contribution is 5.46. The zero-order valence-electron chi connectivity index (χ0n) is 11.1. The molecule has 5 nitrogen and oxygen atoms in total. The molecular formula is C13H21NO4. The third-order valence-electron chi connectivity index (χ3n) is 2.75. The van der Waals surface area contributed by atoms with Gasteiger partial charge < -0.3 is 25.0 Å². The lowest BCUT2D eigenvalue weighted by atomic mass is 10.1. The van der Waals surface area contributed by atoms with E-state index in [-0.39, 0.29) is 6.61 Å². The highest BCUT2D eigenvalue weighted by atomic mass is 16.5. The standard InChI is InChI=1S/C13H21NO4/c1-9-4-11(17-2)5-13(18-3)12(9)7-14-6-10(16)8-15/h4-5,10,14-16H,6-8H2,1-3H3. The highest BCUT2D eigenvalue weighted by Crippen LogP contribution is 2.28. The van der Waals surface area contributed by atoms with Crippen molar-refractivity contribution in [2.24, 2.45) is 0 Å². The number of hydrogen-bond donors (Lipinski definition) is 3. The molecule has 0 saturated heterocycles. The van der Waals surface area contributed by atoms with Gasteiger partial charge in [0, 0.05) is 24.7 Å². The normalized spacial score (nSPS) is 12.3. The smallest absolute Gasteiger partial charge is 0.127 e. The molecule has 102 valence electrons. The third kappa shape index (κ3) is 3.87. The van der Waals surface area contributed by atoms with Gasteiger partial charge in [-0.3, -0.25) is 0 Å². The quantitative estimate of drug-likeness (QED) is 0.660. The van der Waals surface area contributed by atoms with Crippen LogP contribution in [-0.2, 0) is 6.54 Å². The van der Waals surface area contributed by atoms with Crippen LogP contribution in [-0.4, -0.2) is 43.7 Å². The Morgan fingerprint density at radius 1 is 1.28 bits per heavy atom. The topological polar surface area (TPSA) is 71.0 Å². The van der Waals surface area contributed by atoms with Crippen molar-refractivity contribution in [3.63, 3.8) is 0 Å². The molecule has 0 spiro atoms. The molecule has 0 fully saturated rings. The van der Waals surface area contributed by atoms with Gasteiger partial charge in [-0.25, -0.2) is 0 Å². The molecule has 0 aliphatic rings. The lowest BCUT2D eigenvalue weighted by Gasteiger charge is -2.15. The minimum absolute atomic E-state index is 0.244. The number of rotatable bonds is 7. The van der Waals surface area contributed by atoms with E-state index < -0.39 is 6.10 Å². The zero-order valence-corrected chi connectivity index (χ0v) is 11.1. The predicted molar refractivity (Wildman–Crippen MR) is 69.1 cm³/mol. The van der Waals surface area contributed by atoms with Crippen molar-refractivity contribution in [3.8, 4) is 11.5 Å². The maximum atomic E-state index is 9.25. The number of methoxy groups -OCH3 is 2. The second kappa shape index (κ2) is 7.20. The number of benzene rings is 1. The first-order valence-electron chi connectivity index (χ1n) is 5.83. The fourth-order valence-electron chi connectivity index (χ4n) is 1.71. The van der Waals surface area contributed by atoms with E-state index in [4.69, 9.17) is 14.6 Å². The van der Waals surface area contributed by atoms with Crippen LogP contribution in [0.15, 0.2) is 12.1 Å². The highest BCUT2D eigenvalue weighted by Gasteiger charge is 2.10. The van der Waals surface area contributed by atoms with Crippen LogP contribution in [0.1, 0.15) is 11.1 Å².